The number of aryl methyl sites for hydroxylation is 1. The number of hydrogen-bond acceptors (Lipinski definition) is 1. The summed E-state index contributed by atoms with van der Waals surface area (Å²) in [6.07, 6.45) is 2.38. The number of rotatable bonds is 7. The molecule has 0 unspecified atom stereocenters. The van der Waals surface area contributed by atoms with Gasteiger partial charge in [-0.2, -0.15) is 18.2 Å². The van der Waals surface area contributed by atoms with E-state index in [-0.39, 0.29) is 24.8 Å². The van der Waals surface area contributed by atoms with Crippen LogP contribution in [0, 0.1) is 0 Å². The van der Waals surface area contributed by atoms with E-state index in [0.717, 1.165) is 13.1 Å². The van der Waals surface area contributed by atoms with E-state index in [0.29, 0.717) is 0 Å². The third-order valence-electron chi connectivity index (χ3n) is 7.10. The van der Waals surface area contributed by atoms with Crippen molar-refractivity contribution in [3.05, 3.63) is 150 Å². The first-order valence-corrected chi connectivity index (χ1v) is 15.6. The first-order valence-electron chi connectivity index (χ1n) is 14.4. The van der Waals surface area contributed by atoms with Crippen LogP contribution in [-0.2, 0) is 30.7 Å². The number of benzene rings is 4. The van der Waals surface area contributed by atoms with Crippen LogP contribution in [-0.4, -0.2) is 16.3 Å². The zero-order valence-electron chi connectivity index (χ0n) is 24.7. The third kappa shape index (κ3) is 9.63. The molecule has 1 nitrogen and oxygen atoms in total. The van der Waals surface area contributed by atoms with E-state index in [4.69, 9.17) is 0 Å². The number of anilines is 1. The van der Waals surface area contributed by atoms with Crippen molar-refractivity contribution in [2.24, 2.45) is 0 Å². The molecular weight excluding hydrogens is 633 g/mol. The van der Waals surface area contributed by atoms with Gasteiger partial charge in [-0.05, 0) is 20.3 Å². The number of halogens is 2. The first-order chi connectivity index (χ1) is 19.6. The zero-order valence-corrected chi connectivity index (χ0v) is 28.7. The summed E-state index contributed by atoms with van der Waals surface area (Å²) >= 11 is 1.46. The predicted octanol–water partition coefficient (Wildman–Crippen LogP) is 3.73. The van der Waals surface area contributed by atoms with Crippen molar-refractivity contribution in [3.63, 3.8) is 0 Å². The summed E-state index contributed by atoms with van der Waals surface area (Å²) in [4.78, 5) is 2.40. The second-order valence-electron chi connectivity index (χ2n) is 9.83. The molecule has 0 N–H and O–H groups in total. The predicted molar refractivity (Wildman–Crippen MR) is 173 cm³/mol. The van der Waals surface area contributed by atoms with E-state index in [1.54, 1.807) is 0 Å². The molecule has 0 aliphatic carbocycles. The van der Waals surface area contributed by atoms with Crippen molar-refractivity contribution in [2.75, 3.05) is 18.0 Å². The summed E-state index contributed by atoms with van der Waals surface area (Å²) in [5.74, 6) is 0. The van der Waals surface area contributed by atoms with Gasteiger partial charge in [-0.25, -0.2) is 12.1 Å². The van der Waals surface area contributed by atoms with E-state index in [1.165, 1.54) is 84.2 Å². The second kappa shape index (κ2) is 18.7. The van der Waals surface area contributed by atoms with Crippen LogP contribution in [0.5, 0.6) is 0 Å². The maximum absolute atomic E-state index is 2.40. The van der Waals surface area contributed by atoms with Gasteiger partial charge in [0.1, 0.15) is 0 Å². The van der Waals surface area contributed by atoms with Crippen molar-refractivity contribution in [2.45, 2.75) is 33.6 Å². The van der Waals surface area contributed by atoms with Gasteiger partial charge in [-0.15, -0.1) is 33.7 Å². The summed E-state index contributed by atoms with van der Waals surface area (Å²) in [5, 5.41) is 5.51. The van der Waals surface area contributed by atoms with Crippen LogP contribution in [0.4, 0.5) is 5.69 Å². The first kappa shape index (κ1) is 35.4. The average molecular weight is 672 g/mol. The second-order valence-corrected chi connectivity index (χ2v) is 11.1. The molecule has 42 heavy (non-hydrogen) atoms. The minimum Gasteiger partial charge on any atom is -0.214 e. The quantitative estimate of drug-likeness (QED) is 0.234. The molecule has 216 valence electrons. The zero-order chi connectivity index (χ0) is 28.2. The third-order valence-corrected chi connectivity index (χ3v) is 8.52. The average Bonchev–Trinajstić information content (AvgIpc) is 3.71. The van der Waals surface area contributed by atoms with Gasteiger partial charge in [0.25, 0.3) is 0 Å². The van der Waals surface area contributed by atoms with Crippen LogP contribution in [0.15, 0.2) is 133 Å². The van der Waals surface area contributed by atoms with E-state index in [9.17, 15) is 0 Å². The van der Waals surface area contributed by atoms with Gasteiger partial charge in [0.15, 0.2) is 0 Å². The van der Waals surface area contributed by atoms with Crippen molar-refractivity contribution >= 4 is 30.4 Å². The van der Waals surface area contributed by atoms with Crippen LogP contribution in [0.25, 0.3) is 21.5 Å². The molecule has 6 aromatic rings. The Kier molecular flexibility index (Phi) is 15.8. The van der Waals surface area contributed by atoms with Gasteiger partial charge >= 0.3 is 99.2 Å². The largest absolute Gasteiger partial charge is 0.214 e. The van der Waals surface area contributed by atoms with E-state index in [2.05, 4.69) is 129 Å². The molecule has 0 aliphatic heterocycles. The standard InChI is InChI=1S/C20H24N.C13H10.C5H5.2ClH.Zr/c1-4-7-15-8-10-19-16(12-15)13-17-14-18(9-11-20(17)19)21(5-2)6-3;1-3-7-12(8-4-1)11-13-9-5-2-6-10-13;1-2-4-5-3-1;;;/h8-14H,4-7H2,1-3H3;1-10H;1-5H;2*1H;/q-1;;-1;;;+2/p-2. The Labute approximate surface area is 279 Å². The van der Waals surface area contributed by atoms with Crippen LogP contribution in [0.3, 0.4) is 0 Å². The van der Waals surface area contributed by atoms with E-state index < -0.39 is 0 Å². The topological polar surface area (TPSA) is 3.24 Å². The number of nitrogens with zero attached hydrogens (tertiary/aromatic N) is 1. The fourth-order valence-electron chi connectivity index (χ4n) is 4.99. The van der Waals surface area contributed by atoms with Gasteiger partial charge in [-0.3, -0.25) is 0 Å². The molecular formula is C38H39Cl2NZr-2. The number of hydrogen-bond donors (Lipinski definition) is 0. The Morgan fingerprint density at radius 2 is 1.17 bits per heavy atom. The molecule has 0 saturated carbocycles. The molecule has 6 aromatic carbocycles. The minimum atomic E-state index is 0. The summed E-state index contributed by atoms with van der Waals surface area (Å²) < 4.78 is 1.42. The summed E-state index contributed by atoms with van der Waals surface area (Å²) in [6, 6.07) is 47.3. The molecule has 0 spiro atoms. The Balaban J connectivity index is 0.000000253. The monoisotopic (exact) mass is 669 g/mol. The van der Waals surface area contributed by atoms with Gasteiger partial charge in [0.2, 0.25) is 0 Å². The summed E-state index contributed by atoms with van der Waals surface area (Å²) in [5.41, 5.74) is 5.44. The van der Waals surface area contributed by atoms with Crippen LogP contribution in [0.1, 0.15) is 43.9 Å². The van der Waals surface area contributed by atoms with Gasteiger partial charge in [0.05, 0.1) is 0 Å². The Hall–Kier alpha value is -2.77. The Morgan fingerprint density at radius 3 is 1.64 bits per heavy atom. The van der Waals surface area contributed by atoms with E-state index >= 15 is 0 Å². The molecule has 0 amide bonds. The fraction of sp³-hybridized carbons (Fsp3) is 0.184. The molecule has 0 heterocycles. The SMILES string of the molecule is CCCc1ccc2c(c1)[cH-]c1cc(N(CC)CC)ccc12.[Cl-].[Cl-].[Zr+2]=[C](c1ccccc1)c1ccccc1.c1cc[cH-]c1. The smallest absolute Gasteiger partial charge is 0.172 e. The molecule has 0 radical (unpaired) electrons. The normalized spacial score (nSPS) is 9.93. The van der Waals surface area contributed by atoms with Gasteiger partial charge in [-0.1, -0.05) is 49.2 Å². The number of fused-ring (bicyclic) bond motifs is 3. The maximum atomic E-state index is 2.40. The Bertz CT molecular complexity index is 1530. The maximum Gasteiger partial charge on any atom is -0.172 e. The molecule has 0 bridgehead atoms. The van der Waals surface area contributed by atoms with Crippen molar-refractivity contribution in [1.29, 1.82) is 0 Å². The molecule has 0 aliphatic rings. The van der Waals surface area contributed by atoms with Crippen LogP contribution in [0.2, 0.25) is 0 Å². The Morgan fingerprint density at radius 1 is 0.643 bits per heavy atom. The summed E-state index contributed by atoms with van der Waals surface area (Å²) in [6.45, 7) is 8.78. The molecule has 0 saturated heterocycles. The van der Waals surface area contributed by atoms with Crippen molar-refractivity contribution in [3.8, 4) is 0 Å². The minimum absolute atomic E-state index is 0. The molecule has 0 fully saturated rings. The van der Waals surface area contributed by atoms with Gasteiger partial charge in [0, 0.05) is 18.8 Å². The van der Waals surface area contributed by atoms with Crippen LogP contribution >= 0.6 is 0 Å². The molecule has 0 atom stereocenters. The van der Waals surface area contributed by atoms with Crippen molar-refractivity contribution in [1.82, 2.24) is 0 Å². The molecule has 4 heteroatoms. The molecule has 6 rings (SSSR count). The van der Waals surface area contributed by atoms with Crippen LogP contribution < -0.4 is 29.7 Å². The van der Waals surface area contributed by atoms with E-state index in [1.807, 2.05) is 30.3 Å². The van der Waals surface area contributed by atoms with Gasteiger partial charge < -0.3 is 29.7 Å². The summed E-state index contributed by atoms with van der Waals surface area (Å²) in [7, 11) is 0. The van der Waals surface area contributed by atoms with Crippen molar-refractivity contribution < 1.29 is 49.0 Å². The molecule has 0 aromatic heterocycles. The fourth-order valence-corrected chi connectivity index (χ4v) is 5.81.